The molecule has 0 aliphatic carbocycles. The van der Waals surface area contributed by atoms with Crippen molar-refractivity contribution in [2.75, 3.05) is 0 Å². The SMILES string of the molecule is Cc1cccc(-c2[c-]c(F)c(F)cc2F)n1.Cc1ccnc(-c2[c-]cc(F)cc2F)c1.Fc1[c-]c(-c2ccccn2)c(F)cc1F.Fc1ccnc(-c2[c-]cc(F)cc2F)c1.O=C(O)c1ccccn1.[Ir].[Ir].[Ir].[Ir].[Ir].[c-]1cccnc1-c1ccccn1. The van der Waals surface area contributed by atoms with E-state index in [-0.39, 0.29) is 146 Å². The molecule has 11 rings (SSSR count). The molecule has 9 nitrogen and oxygen atoms in total. The molecule has 0 fully saturated rings. The predicted octanol–water partition coefficient (Wildman–Crippen LogP) is 15.1. The number of carboxylic acid groups (broad SMARTS) is 1. The van der Waals surface area contributed by atoms with E-state index >= 15 is 0 Å². The van der Waals surface area contributed by atoms with Crippen molar-refractivity contribution < 1.29 is 159 Å². The van der Waals surface area contributed by atoms with E-state index < -0.39 is 70.0 Å². The van der Waals surface area contributed by atoms with Gasteiger partial charge in [0.1, 0.15) is 11.5 Å². The molecule has 0 atom stereocenters. The van der Waals surface area contributed by atoms with Crippen LogP contribution in [0.5, 0.6) is 0 Å². The average molecular weight is 2080 g/mol. The molecule has 87 heavy (non-hydrogen) atoms. The van der Waals surface area contributed by atoms with Gasteiger partial charge in [-0.25, -0.2) is 22.9 Å². The van der Waals surface area contributed by atoms with E-state index in [1.165, 1.54) is 36.8 Å². The summed E-state index contributed by atoms with van der Waals surface area (Å²) >= 11 is 0. The van der Waals surface area contributed by atoms with Crippen molar-refractivity contribution in [3.8, 4) is 56.4 Å². The van der Waals surface area contributed by atoms with Crippen LogP contribution < -0.4 is 0 Å². The molecule has 0 bridgehead atoms. The number of aromatic carboxylic acids is 1. The van der Waals surface area contributed by atoms with Crippen LogP contribution in [0, 0.1) is 108 Å². The minimum absolute atomic E-state index is 0. The van der Waals surface area contributed by atoms with Gasteiger partial charge in [0, 0.05) is 172 Å². The summed E-state index contributed by atoms with van der Waals surface area (Å²) in [4.78, 5) is 37.6. The Kier molecular flexibility index (Phi) is 35.5. The van der Waals surface area contributed by atoms with Gasteiger partial charge in [-0.3, -0.25) is 40.1 Å². The molecule has 7 heterocycles. The van der Waals surface area contributed by atoms with Gasteiger partial charge in [0.15, 0.2) is 0 Å². The number of aryl methyl sites for hydroxylation is 2. The van der Waals surface area contributed by atoms with E-state index in [1.54, 1.807) is 68.0 Å². The number of rotatable bonds is 6. The quantitative estimate of drug-likeness (QED) is 0.0983. The summed E-state index contributed by atoms with van der Waals surface area (Å²) in [5.41, 5.74) is 4.18. The maximum absolute atomic E-state index is 13.4. The zero-order valence-electron chi connectivity index (χ0n) is 44.1. The van der Waals surface area contributed by atoms with Gasteiger partial charge in [0.05, 0.1) is 23.3 Å². The first-order valence-electron chi connectivity index (χ1n) is 23.5. The fraction of sp³-hybridized carbons (Fsp3) is 0.0323. The molecule has 0 unspecified atom stereocenters. The second-order valence-corrected chi connectivity index (χ2v) is 16.2. The molecule has 7 aromatic heterocycles. The van der Waals surface area contributed by atoms with Gasteiger partial charge < -0.3 is 30.0 Å². The molecule has 25 heteroatoms. The van der Waals surface area contributed by atoms with Crippen LogP contribution in [0.1, 0.15) is 21.7 Å². The number of benzene rings is 4. The van der Waals surface area contributed by atoms with Crippen LogP contribution in [0.2, 0.25) is 0 Å². The Bertz CT molecular complexity index is 3750. The summed E-state index contributed by atoms with van der Waals surface area (Å²) in [5, 5.41) is 8.32. The Morgan fingerprint density at radius 2 is 0.851 bits per heavy atom. The maximum atomic E-state index is 13.4. The minimum atomic E-state index is -1.26. The van der Waals surface area contributed by atoms with Crippen molar-refractivity contribution in [1.29, 1.82) is 0 Å². The van der Waals surface area contributed by atoms with E-state index in [0.29, 0.717) is 29.6 Å². The Labute approximate surface area is 559 Å². The zero-order valence-corrected chi connectivity index (χ0v) is 56.1. The van der Waals surface area contributed by atoms with Crippen LogP contribution in [0.25, 0.3) is 56.4 Å². The van der Waals surface area contributed by atoms with Crippen LogP contribution in [0.4, 0.5) is 48.3 Å². The number of aromatic nitrogens is 7. The molecule has 1 N–H and O–H groups in total. The zero-order chi connectivity index (χ0) is 59.1. The molecule has 11 aromatic rings. The molecule has 0 amide bonds. The standard InChI is InChI=1S/C12H7F3N.C12H8F2N.2C11H5F3N.C10H7N2.C6H5NO2.5Ir/c1-7-3-2-4-12(16-7)8-5-10(14)11(15)6-9(8)13;1-8-4-5-15-12(6-8)10-3-2-9(13)7-11(10)14;12-7-1-2-9(10(14)5-7)11-6-8(13)3-4-15-11;12-8-6-10(14)9(13)5-7(8)11-3-1-2-4-15-11;1-3-7-11-9(5-1)10-6-2-4-8-12-10;8-6(9)5-3-1-2-4-7-5;;;;;/h2-4,6H,1H3;2,4-7H,1H3;1,3-6H;1-4,6H;1-5,7-8H;1-4H,(H,8,9);;;;;/q5*-1;;;;;;. The van der Waals surface area contributed by atoms with Gasteiger partial charge in [0.25, 0.3) is 0 Å². The monoisotopic (exact) mass is 2090 g/mol. The fourth-order valence-corrected chi connectivity index (χ4v) is 6.47. The van der Waals surface area contributed by atoms with E-state index in [0.717, 1.165) is 47.3 Å². The Balaban J connectivity index is 0.000000520. The Morgan fingerprint density at radius 3 is 1.29 bits per heavy atom. The first-order valence-corrected chi connectivity index (χ1v) is 23.5. The first kappa shape index (κ1) is 77.9. The number of carboxylic acids is 1. The first-order chi connectivity index (χ1) is 39.4. The molecule has 0 aliphatic heterocycles. The van der Waals surface area contributed by atoms with Crippen LogP contribution >= 0.6 is 0 Å². The van der Waals surface area contributed by atoms with Crippen molar-refractivity contribution in [1.82, 2.24) is 34.9 Å². The second-order valence-electron chi connectivity index (χ2n) is 16.2. The van der Waals surface area contributed by atoms with Gasteiger partial charge in [0.2, 0.25) is 0 Å². The normalized spacial score (nSPS) is 9.53. The minimum Gasteiger partial charge on any atom is -0.477 e. The summed E-state index contributed by atoms with van der Waals surface area (Å²) in [6, 6.07) is 46.0. The topological polar surface area (TPSA) is 128 Å². The molecule has 459 valence electrons. The Hall–Kier alpha value is -7.12. The van der Waals surface area contributed by atoms with E-state index in [2.05, 4.69) is 53.1 Å². The molecule has 5 radical (unpaired) electrons. The molecule has 0 saturated heterocycles. The maximum Gasteiger partial charge on any atom is 0.354 e. The number of hydrogen-bond acceptors (Lipinski definition) is 8. The van der Waals surface area contributed by atoms with Crippen molar-refractivity contribution in [3.05, 3.63) is 294 Å². The second kappa shape index (κ2) is 39.6. The average Bonchev–Trinajstić information content (AvgIpc) is 3.53. The molecule has 0 saturated carbocycles. The fourth-order valence-electron chi connectivity index (χ4n) is 6.47. The summed E-state index contributed by atoms with van der Waals surface area (Å²) in [6.45, 7) is 3.61. The summed E-state index contributed by atoms with van der Waals surface area (Å²) < 4.78 is 142. The third kappa shape index (κ3) is 24.9. The van der Waals surface area contributed by atoms with Crippen LogP contribution in [0.15, 0.2) is 183 Å². The van der Waals surface area contributed by atoms with Gasteiger partial charge in [-0.1, -0.05) is 113 Å². The van der Waals surface area contributed by atoms with Crippen LogP contribution in [-0.2, 0) is 101 Å². The number of carbonyl (C=O) groups is 1. The van der Waals surface area contributed by atoms with Crippen molar-refractivity contribution in [2.24, 2.45) is 0 Å². The largest absolute Gasteiger partial charge is 0.477 e. The summed E-state index contributed by atoms with van der Waals surface area (Å²) in [7, 11) is 0. The van der Waals surface area contributed by atoms with Crippen molar-refractivity contribution in [2.45, 2.75) is 13.8 Å². The van der Waals surface area contributed by atoms with E-state index in [9.17, 15) is 53.1 Å². The third-order valence-corrected chi connectivity index (χ3v) is 10.2. The Morgan fingerprint density at radius 1 is 0.391 bits per heavy atom. The predicted molar refractivity (Wildman–Crippen MR) is 281 cm³/mol. The van der Waals surface area contributed by atoms with Crippen molar-refractivity contribution in [3.63, 3.8) is 0 Å². The van der Waals surface area contributed by atoms with Gasteiger partial charge >= 0.3 is 5.97 Å². The van der Waals surface area contributed by atoms with Crippen molar-refractivity contribution >= 4 is 5.97 Å². The smallest absolute Gasteiger partial charge is 0.354 e. The van der Waals surface area contributed by atoms with E-state index in [4.69, 9.17) is 5.11 Å². The van der Waals surface area contributed by atoms with Crippen LogP contribution in [0.3, 0.4) is 0 Å². The number of nitrogens with zero attached hydrogens (tertiary/aromatic N) is 7. The molecule has 0 aliphatic rings. The van der Waals surface area contributed by atoms with Gasteiger partial charge in [-0.2, -0.15) is 12.1 Å². The number of pyridine rings is 7. The van der Waals surface area contributed by atoms with Gasteiger partial charge in [-0.05, 0) is 103 Å². The molecular formula is C62H37F11Ir5N7O2-5. The summed E-state index contributed by atoms with van der Waals surface area (Å²) in [6.07, 6.45) is 9.16. The molecule has 4 aromatic carbocycles. The molecule has 0 spiro atoms. The van der Waals surface area contributed by atoms with E-state index in [1.807, 2.05) is 55.5 Å². The van der Waals surface area contributed by atoms with Gasteiger partial charge in [-0.15, -0.1) is 30.3 Å². The van der Waals surface area contributed by atoms with Crippen LogP contribution in [-0.4, -0.2) is 46.0 Å². The third-order valence-electron chi connectivity index (χ3n) is 10.2. The number of halogens is 11. The molecular weight excluding hydrogens is 2040 g/mol. The number of hydrogen-bond donors (Lipinski definition) is 1. The summed E-state index contributed by atoms with van der Waals surface area (Å²) in [5.74, 6) is -11.0.